The first-order chi connectivity index (χ1) is 11.2. The van der Waals surface area contributed by atoms with Crippen LogP contribution in [0.25, 0.3) is 0 Å². The minimum Gasteiger partial charge on any atom is -0.357 e. The van der Waals surface area contributed by atoms with E-state index in [4.69, 9.17) is 0 Å². The van der Waals surface area contributed by atoms with Gasteiger partial charge in [0.25, 0.3) is 0 Å². The molecule has 0 radical (unpaired) electrons. The van der Waals surface area contributed by atoms with Gasteiger partial charge in [-0.1, -0.05) is 24.3 Å². The van der Waals surface area contributed by atoms with E-state index in [2.05, 4.69) is 27.1 Å². The van der Waals surface area contributed by atoms with E-state index in [1.54, 1.807) is 23.5 Å². The van der Waals surface area contributed by atoms with Crippen LogP contribution in [0.1, 0.15) is 30.2 Å². The Kier molecular flexibility index (Phi) is 7.03. The molecule has 24 heavy (non-hydrogen) atoms. The van der Waals surface area contributed by atoms with E-state index in [1.165, 1.54) is 4.88 Å². The summed E-state index contributed by atoms with van der Waals surface area (Å²) in [6.07, 6.45) is 2.04. The second kappa shape index (κ2) is 8.80. The van der Waals surface area contributed by atoms with Crippen molar-refractivity contribution in [3.05, 3.63) is 58.0 Å². The van der Waals surface area contributed by atoms with Crippen LogP contribution < -0.4 is 10.6 Å². The van der Waals surface area contributed by atoms with Crippen LogP contribution in [0.3, 0.4) is 0 Å². The SMILES string of the molecule is CCNC(=NCc1cccs1)NCC1(c2ccccc2F)CC1.I. The van der Waals surface area contributed by atoms with E-state index in [1.807, 2.05) is 25.1 Å². The van der Waals surface area contributed by atoms with Crippen molar-refractivity contribution in [2.75, 3.05) is 13.1 Å². The number of rotatable bonds is 6. The van der Waals surface area contributed by atoms with Crippen LogP contribution >= 0.6 is 35.3 Å². The fourth-order valence-electron chi connectivity index (χ4n) is 2.74. The van der Waals surface area contributed by atoms with Crippen LogP contribution in [0.5, 0.6) is 0 Å². The van der Waals surface area contributed by atoms with E-state index in [-0.39, 0.29) is 35.2 Å². The number of halogens is 2. The number of hydrogen-bond acceptors (Lipinski definition) is 2. The molecule has 130 valence electrons. The monoisotopic (exact) mass is 459 g/mol. The maximum atomic E-state index is 14.1. The van der Waals surface area contributed by atoms with Crippen LogP contribution in [-0.2, 0) is 12.0 Å². The number of thiophene rings is 1. The van der Waals surface area contributed by atoms with E-state index in [9.17, 15) is 4.39 Å². The van der Waals surface area contributed by atoms with Crippen LogP contribution in [-0.4, -0.2) is 19.0 Å². The van der Waals surface area contributed by atoms with Gasteiger partial charge in [0.2, 0.25) is 0 Å². The van der Waals surface area contributed by atoms with Crippen LogP contribution in [0, 0.1) is 5.82 Å². The number of benzene rings is 1. The average Bonchev–Trinajstić information content (AvgIpc) is 3.16. The average molecular weight is 459 g/mol. The first kappa shape index (κ1) is 19.2. The van der Waals surface area contributed by atoms with Gasteiger partial charge in [-0.25, -0.2) is 9.38 Å². The van der Waals surface area contributed by atoms with Crippen LogP contribution in [0.2, 0.25) is 0 Å². The number of guanidine groups is 1. The normalized spacial score (nSPS) is 15.5. The quantitative estimate of drug-likeness (QED) is 0.384. The Morgan fingerprint density at radius 2 is 2.00 bits per heavy atom. The molecule has 0 saturated heterocycles. The highest BCUT2D eigenvalue weighted by molar-refractivity contribution is 14.0. The molecule has 0 aliphatic heterocycles. The first-order valence-electron chi connectivity index (χ1n) is 8.03. The lowest BCUT2D eigenvalue weighted by Crippen LogP contribution is -2.41. The predicted molar refractivity (Wildman–Crippen MR) is 110 cm³/mol. The Morgan fingerprint density at radius 3 is 2.62 bits per heavy atom. The predicted octanol–water partition coefficient (Wildman–Crippen LogP) is 4.29. The molecule has 0 atom stereocenters. The molecule has 1 aliphatic rings. The molecule has 1 aromatic heterocycles. The van der Waals surface area contributed by atoms with Gasteiger partial charge in [-0.2, -0.15) is 0 Å². The van der Waals surface area contributed by atoms with Gasteiger partial charge in [0.15, 0.2) is 5.96 Å². The first-order valence-corrected chi connectivity index (χ1v) is 8.91. The Hall–Kier alpha value is -1.15. The fraction of sp³-hybridized carbons (Fsp3) is 0.389. The lowest BCUT2D eigenvalue weighted by Gasteiger charge is -2.19. The second-order valence-electron chi connectivity index (χ2n) is 5.89. The Morgan fingerprint density at radius 1 is 1.21 bits per heavy atom. The summed E-state index contributed by atoms with van der Waals surface area (Å²) in [5.74, 6) is 0.691. The summed E-state index contributed by atoms with van der Waals surface area (Å²) >= 11 is 1.71. The van der Waals surface area contributed by atoms with E-state index in [0.717, 1.165) is 30.9 Å². The standard InChI is InChI=1S/C18H22FN3S.HI/c1-2-20-17(21-12-14-6-5-11-23-14)22-13-18(9-10-18)15-7-3-4-8-16(15)19;/h3-8,11H,2,9-10,12-13H2,1H3,(H2,20,21,22);1H. The highest BCUT2D eigenvalue weighted by Crippen LogP contribution is 2.48. The third-order valence-electron chi connectivity index (χ3n) is 4.21. The number of hydrogen-bond donors (Lipinski definition) is 2. The van der Waals surface area contributed by atoms with Crippen molar-refractivity contribution < 1.29 is 4.39 Å². The smallest absolute Gasteiger partial charge is 0.191 e. The Labute approximate surface area is 163 Å². The summed E-state index contributed by atoms with van der Waals surface area (Å²) in [6.45, 7) is 4.24. The molecule has 0 unspecified atom stereocenters. The van der Waals surface area contributed by atoms with Crippen LogP contribution in [0.4, 0.5) is 4.39 Å². The van der Waals surface area contributed by atoms with Gasteiger partial charge >= 0.3 is 0 Å². The summed E-state index contributed by atoms with van der Waals surface area (Å²) in [5, 5.41) is 8.71. The van der Waals surface area contributed by atoms with Gasteiger partial charge in [-0.05, 0) is 42.8 Å². The van der Waals surface area contributed by atoms with E-state index < -0.39 is 0 Å². The maximum Gasteiger partial charge on any atom is 0.191 e. The zero-order chi connectivity index (χ0) is 16.1. The van der Waals surface area contributed by atoms with Gasteiger partial charge in [0, 0.05) is 23.4 Å². The summed E-state index contributed by atoms with van der Waals surface area (Å²) < 4.78 is 14.1. The third kappa shape index (κ3) is 4.69. The topological polar surface area (TPSA) is 36.4 Å². The minimum atomic E-state index is -0.104. The Balaban J connectivity index is 0.00000208. The van der Waals surface area contributed by atoms with Crippen molar-refractivity contribution in [3.8, 4) is 0 Å². The van der Waals surface area contributed by atoms with Crippen molar-refractivity contribution >= 4 is 41.3 Å². The fourth-order valence-corrected chi connectivity index (χ4v) is 3.37. The number of aliphatic imine (C=N–C) groups is 1. The molecule has 0 amide bonds. The summed E-state index contributed by atoms with van der Waals surface area (Å²) in [4.78, 5) is 5.85. The molecule has 0 spiro atoms. The summed E-state index contributed by atoms with van der Waals surface area (Å²) in [5.41, 5.74) is 0.742. The summed E-state index contributed by atoms with van der Waals surface area (Å²) in [6, 6.07) is 11.2. The van der Waals surface area contributed by atoms with Crippen molar-refractivity contribution in [2.24, 2.45) is 4.99 Å². The lowest BCUT2D eigenvalue weighted by atomic mass is 9.95. The largest absolute Gasteiger partial charge is 0.357 e. The Bertz CT molecular complexity index is 669. The van der Waals surface area contributed by atoms with E-state index >= 15 is 0 Å². The number of nitrogens with one attached hydrogen (secondary N) is 2. The van der Waals surface area contributed by atoms with Gasteiger partial charge in [0.05, 0.1) is 6.54 Å². The molecule has 0 bridgehead atoms. The minimum absolute atomic E-state index is 0. The zero-order valence-electron chi connectivity index (χ0n) is 13.7. The molecule has 1 fully saturated rings. The van der Waals surface area contributed by atoms with Gasteiger partial charge in [0.1, 0.15) is 5.82 Å². The molecule has 2 N–H and O–H groups in total. The molecular weight excluding hydrogens is 436 g/mol. The van der Waals surface area contributed by atoms with Crippen molar-refractivity contribution in [1.29, 1.82) is 0 Å². The van der Waals surface area contributed by atoms with Gasteiger partial charge in [-0.15, -0.1) is 35.3 Å². The third-order valence-corrected chi connectivity index (χ3v) is 5.07. The number of nitrogens with zero attached hydrogens (tertiary/aromatic N) is 1. The molecular formula is C18H23FIN3S. The second-order valence-corrected chi connectivity index (χ2v) is 6.92. The van der Waals surface area contributed by atoms with Crippen molar-refractivity contribution in [3.63, 3.8) is 0 Å². The zero-order valence-corrected chi connectivity index (χ0v) is 16.9. The maximum absolute atomic E-state index is 14.1. The molecule has 6 heteroatoms. The molecule has 1 aliphatic carbocycles. The lowest BCUT2D eigenvalue weighted by molar-refractivity contribution is 0.560. The molecule has 3 nitrogen and oxygen atoms in total. The van der Waals surface area contributed by atoms with Gasteiger partial charge in [-0.3, -0.25) is 0 Å². The van der Waals surface area contributed by atoms with E-state index in [0.29, 0.717) is 13.1 Å². The highest BCUT2D eigenvalue weighted by Gasteiger charge is 2.45. The molecule has 3 rings (SSSR count). The molecule has 2 aromatic rings. The summed E-state index contributed by atoms with van der Waals surface area (Å²) in [7, 11) is 0. The van der Waals surface area contributed by atoms with Gasteiger partial charge < -0.3 is 10.6 Å². The van der Waals surface area contributed by atoms with Crippen molar-refractivity contribution in [1.82, 2.24) is 10.6 Å². The highest BCUT2D eigenvalue weighted by atomic mass is 127. The van der Waals surface area contributed by atoms with Crippen LogP contribution in [0.15, 0.2) is 46.8 Å². The molecule has 1 aromatic carbocycles. The molecule has 1 heterocycles. The molecule has 1 saturated carbocycles. The van der Waals surface area contributed by atoms with Crippen molar-refractivity contribution in [2.45, 2.75) is 31.7 Å².